The molecule has 2 bridgehead atoms. The monoisotopic (exact) mass is 363 g/mol. The molecule has 1 saturated carbocycles. The van der Waals surface area contributed by atoms with Gasteiger partial charge in [-0.15, -0.1) is 0 Å². The van der Waals surface area contributed by atoms with Crippen LogP contribution in [0.2, 0.25) is 0 Å². The number of nitrogens with one attached hydrogen (secondary N) is 1. The Labute approximate surface area is 139 Å². The molecule has 1 aromatic rings. The van der Waals surface area contributed by atoms with E-state index in [1.54, 1.807) is 0 Å². The van der Waals surface area contributed by atoms with Crippen molar-refractivity contribution in [1.82, 2.24) is 5.32 Å². The van der Waals surface area contributed by atoms with E-state index >= 15 is 0 Å². The minimum atomic E-state index is -0.214. The Kier molecular flexibility index (Phi) is 4.99. The third kappa shape index (κ3) is 3.13. The van der Waals surface area contributed by atoms with Crippen LogP contribution in [0.15, 0.2) is 42.5 Å². The summed E-state index contributed by atoms with van der Waals surface area (Å²) in [6.07, 6.45) is 6.21. The van der Waals surface area contributed by atoms with Crippen LogP contribution in [0.1, 0.15) is 12.0 Å². The second-order valence-corrected chi connectivity index (χ2v) is 7.02. The Bertz CT molecular complexity index is 545. The third-order valence-electron chi connectivity index (χ3n) is 4.99. The SMILES string of the molecule is O=C(N[C@H](CO)Cc1ccccc1)[C@@H]1[C@H](CBr)[C@@H]2C=C[C@H]1C2. The Morgan fingerprint density at radius 3 is 2.68 bits per heavy atom. The Balaban J connectivity index is 1.64. The molecule has 2 aliphatic rings. The van der Waals surface area contributed by atoms with Crippen molar-refractivity contribution in [1.29, 1.82) is 0 Å². The van der Waals surface area contributed by atoms with Gasteiger partial charge in [-0.2, -0.15) is 0 Å². The van der Waals surface area contributed by atoms with Crippen molar-refractivity contribution in [3.05, 3.63) is 48.0 Å². The standard InChI is InChI=1S/C18H22BrNO2/c19-10-16-13-6-7-14(9-13)17(16)18(22)20-15(11-21)8-12-4-2-1-3-5-12/h1-7,13-17,21H,8-11H2,(H,20,22)/t13-,14+,15+,16-,17+/m1/s1. The predicted octanol–water partition coefficient (Wildman–Crippen LogP) is 2.54. The van der Waals surface area contributed by atoms with Gasteiger partial charge in [0.25, 0.3) is 0 Å². The third-order valence-corrected chi connectivity index (χ3v) is 5.74. The van der Waals surface area contributed by atoms with Crippen LogP contribution >= 0.6 is 15.9 Å². The molecule has 1 aromatic carbocycles. The van der Waals surface area contributed by atoms with Gasteiger partial charge in [-0.25, -0.2) is 0 Å². The average molecular weight is 364 g/mol. The summed E-state index contributed by atoms with van der Waals surface area (Å²) < 4.78 is 0. The molecular weight excluding hydrogens is 342 g/mol. The lowest BCUT2D eigenvalue weighted by molar-refractivity contribution is -0.128. The summed E-state index contributed by atoms with van der Waals surface area (Å²) in [5.74, 6) is 1.41. The van der Waals surface area contributed by atoms with Gasteiger partial charge in [-0.05, 0) is 36.2 Å². The van der Waals surface area contributed by atoms with Gasteiger partial charge in [0, 0.05) is 11.2 Å². The molecule has 3 rings (SSSR count). The first-order chi connectivity index (χ1) is 10.7. The number of amides is 1. The van der Waals surface area contributed by atoms with E-state index in [2.05, 4.69) is 33.4 Å². The van der Waals surface area contributed by atoms with Crippen LogP contribution in [0.5, 0.6) is 0 Å². The fraction of sp³-hybridized carbons (Fsp3) is 0.500. The molecule has 0 saturated heterocycles. The number of alkyl halides is 1. The molecule has 118 valence electrons. The molecule has 0 spiro atoms. The van der Waals surface area contributed by atoms with Gasteiger partial charge in [0.2, 0.25) is 5.91 Å². The number of carbonyl (C=O) groups is 1. The number of fused-ring (bicyclic) bond motifs is 2. The number of halogens is 1. The first-order valence-electron chi connectivity index (χ1n) is 7.92. The number of benzene rings is 1. The topological polar surface area (TPSA) is 49.3 Å². The fourth-order valence-electron chi connectivity index (χ4n) is 3.88. The van der Waals surface area contributed by atoms with Crippen LogP contribution in [0.25, 0.3) is 0 Å². The Morgan fingerprint density at radius 1 is 1.27 bits per heavy atom. The number of aliphatic hydroxyl groups is 1. The van der Waals surface area contributed by atoms with Crippen LogP contribution in [0, 0.1) is 23.7 Å². The molecule has 22 heavy (non-hydrogen) atoms. The van der Waals surface area contributed by atoms with E-state index in [1.165, 1.54) is 0 Å². The summed E-state index contributed by atoms with van der Waals surface area (Å²) in [4.78, 5) is 12.7. The first-order valence-corrected chi connectivity index (χ1v) is 9.04. The van der Waals surface area contributed by atoms with Crippen LogP contribution < -0.4 is 5.32 Å². The second kappa shape index (κ2) is 6.97. The Morgan fingerprint density at radius 2 is 2.00 bits per heavy atom. The maximum Gasteiger partial charge on any atom is 0.224 e. The zero-order chi connectivity index (χ0) is 15.5. The van der Waals surface area contributed by atoms with Gasteiger partial charge in [0.15, 0.2) is 0 Å². The van der Waals surface area contributed by atoms with Crippen LogP contribution in [0.4, 0.5) is 0 Å². The minimum Gasteiger partial charge on any atom is -0.394 e. The average Bonchev–Trinajstić information content (AvgIpc) is 3.15. The van der Waals surface area contributed by atoms with E-state index in [-0.39, 0.29) is 24.5 Å². The molecule has 0 heterocycles. The molecule has 5 atom stereocenters. The van der Waals surface area contributed by atoms with E-state index in [4.69, 9.17) is 0 Å². The predicted molar refractivity (Wildman–Crippen MR) is 90.7 cm³/mol. The van der Waals surface area contributed by atoms with E-state index in [9.17, 15) is 9.90 Å². The van der Waals surface area contributed by atoms with Crippen molar-refractivity contribution < 1.29 is 9.90 Å². The minimum absolute atomic E-state index is 0.0315. The summed E-state index contributed by atoms with van der Waals surface area (Å²) in [5, 5.41) is 13.5. The van der Waals surface area contributed by atoms with Gasteiger partial charge in [0.1, 0.15) is 0 Å². The van der Waals surface area contributed by atoms with Crippen LogP contribution in [-0.2, 0) is 11.2 Å². The molecule has 0 unspecified atom stereocenters. The lowest BCUT2D eigenvalue weighted by Crippen LogP contribution is -2.45. The summed E-state index contributed by atoms with van der Waals surface area (Å²) in [7, 11) is 0. The largest absolute Gasteiger partial charge is 0.394 e. The molecule has 2 N–H and O–H groups in total. The van der Waals surface area contributed by atoms with Crippen molar-refractivity contribution >= 4 is 21.8 Å². The zero-order valence-corrected chi connectivity index (χ0v) is 14.1. The first kappa shape index (κ1) is 15.8. The maximum absolute atomic E-state index is 12.7. The molecule has 1 fully saturated rings. The quantitative estimate of drug-likeness (QED) is 0.602. The van der Waals surface area contributed by atoms with Crippen molar-refractivity contribution in [2.45, 2.75) is 18.9 Å². The molecule has 2 aliphatic carbocycles. The van der Waals surface area contributed by atoms with Crippen molar-refractivity contribution in [3.8, 4) is 0 Å². The number of hydrogen-bond acceptors (Lipinski definition) is 2. The normalized spacial score (nSPS) is 30.5. The number of rotatable bonds is 6. The van der Waals surface area contributed by atoms with E-state index in [1.807, 2.05) is 30.3 Å². The number of aliphatic hydroxyl groups excluding tert-OH is 1. The summed E-state index contributed by atoms with van der Waals surface area (Å²) in [6, 6.07) is 9.76. The van der Waals surface area contributed by atoms with Crippen molar-refractivity contribution in [2.75, 3.05) is 11.9 Å². The molecule has 0 aliphatic heterocycles. The van der Waals surface area contributed by atoms with Gasteiger partial charge < -0.3 is 10.4 Å². The molecular formula is C18H22BrNO2. The van der Waals surface area contributed by atoms with Crippen LogP contribution in [0.3, 0.4) is 0 Å². The lowest BCUT2D eigenvalue weighted by atomic mass is 9.83. The summed E-state index contributed by atoms with van der Waals surface area (Å²) in [6.45, 7) is -0.0315. The zero-order valence-electron chi connectivity index (χ0n) is 12.5. The maximum atomic E-state index is 12.7. The second-order valence-electron chi connectivity index (χ2n) is 6.37. The fourth-order valence-corrected chi connectivity index (χ4v) is 4.76. The van der Waals surface area contributed by atoms with Gasteiger partial charge >= 0.3 is 0 Å². The highest BCUT2D eigenvalue weighted by Crippen LogP contribution is 2.48. The highest BCUT2D eigenvalue weighted by molar-refractivity contribution is 9.09. The van der Waals surface area contributed by atoms with E-state index in [0.717, 1.165) is 17.3 Å². The molecule has 0 radical (unpaired) electrons. The highest BCUT2D eigenvalue weighted by Gasteiger charge is 2.47. The number of allylic oxidation sites excluding steroid dienone is 2. The van der Waals surface area contributed by atoms with Gasteiger partial charge in [0.05, 0.1) is 12.6 Å². The molecule has 3 nitrogen and oxygen atoms in total. The molecule has 0 aromatic heterocycles. The Hall–Kier alpha value is -1.13. The smallest absolute Gasteiger partial charge is 0.224 e. The number of hydrogen-bond donors (Lipinski definition) is 2. The van der Waals surface area contributed by atoms with Crippen molar-refractivity contribution in [3.63, 3.8) is 0 Å². The van der Waals surface area contributed by atoms with Gasteiger partial charge in [-0.1, -0.05) is 58.4 Å². The van der Waals surface area contributed by atoms with E-state index in [0.29, 0.717) is 24.2 Å². The number of carbonyl (C=O) groups excluding carboxylic acids is 1. The van der Waals surface area contributed by atoms with Gasteiger partial charge in [-0.3, -0.25) is 4.79 Å². The van der Waals surface area contributed by atoms with Crippen LogP contribution in [-0.4, -0.2) is 29.0 Å². The summed E-state index contributed by atoms with van der Waals surface area (Å²) in [5.41, 5.74) is 1.13. The molecule has 4 heteroatoms. The molecule has 1 amide bonds. The lowest BCUT2D eigenvalue weighted by Gasteiger charge is -2.27. The van der Waals surface area contributed by atoms with E-state index < -0.39 is 0 Å². The van der Waals surface area contributed by atoms with Crippen molar-refractivity contribution in [2.24, 2.45) is 23.7 Å². The summed E-state index contributed by atoms with van der Waals surface area (Å²) >= 11 is 3.56. The highest BCUT2D eigenvalue weighted by atomic mass is 79.9.